The molecule has 2 N–H and O–H groups in total. The third-order valence-corrected chi connectivity index (χ3v) is 4.61. The van der Waals surface area contributed by atoms with Crippen molar-refractivity contribution in [3.8, 4) is 0 Å². The number of aromatic nitrogens is 2. The third kappa shape index (κ3) is 4.68. The molecule has 0 bridgehead atoms. The van der Waals surface area contributed by atoms with Gasteiger partial charge in [0.05, 0.1) is 6.54 Å². The van der Waals surface area contributed by atoms with Crippen LogP contribution < -0.4 is 5.32 Å². The highest BCUT2D eigenvalue weighted by atomic mass is 16.3. The zero-order valence-corrected chi connectivity index (χ0v) is 14.7. The van der Waals surface area contributed by atoms with E-state index in [1.165, 1.54) is 5.56 Å². The van der Waals surface area contributed by atoms with Crippen LogP contribution in [0.3, 0.4) is 0 Å². The van der Waals surface area contributed by atoms with E-state index in [-0.39, 0.29) is 5.91 Å². The summed E-state index contributed by atoms with van der Waals surface area (Å²) < 4.78 is 2.03. The number of carbonyl (C=O) groups excluding carboxylic acids is 1. The minimum atomic E-state index is -1.02. The fraction of sp³-hybridized carbons (Fsp3) is 0.474. The molecule has 1 unspecified atom stereocenters. The lowest BCUT2D eigenvalue weighted by Crippen LogP contribution is -2.43. The van der Waals surface area contributed by atoms with E-state index in [4.69, 9.17) is 0 Å². The van der Waals surface area contributed by atoms with E-state index in [1.54, 1.807) is 6.20 Å². The maximum Gasteiger partial charge on any atom is 0.249 e. The average Bonchev–Trinajstić information content (AvgIpc) is 3.05. The number of nitrogens with zero attached hydrogens (tertiary/aromatic N) is 2. The average molecular weight is 329 g/mol. The standard InChI is InChI=1S/C19H27N3O2/c1-4-19(2,3)17(23)18(24)21-14-16-20-11-13-22(16)12-10-15-8-6-5-7-9-15/h5-9,11,13,17,23H,4,10,12,14H2,1-3H3,(H,21,24). The van der Waals surface area contributed by atoms with E-state index in [0.717, 1.165) is 25.2 Å². The molecule has 0 aliphatic heterocycles. The molecular weight excluding hydrogens is 302 g/mol. The molecule has 2 aromatic rings. The Hall–Kier alpha value is -2.14. The number of hydrogen-bond acceptors (Lipinski definition) is 3. The van der Waals surface area contributed by atoms with Crippen molar-refractivity contribution in [3.63, 3.8) is 0 Å². The van der Waals surface area contributed by atoms with Crippen molar-refractivity contribution >= 4 is 5.91 Å². The SMILES string of the molecule is CCC(C)(C)C(O)C(=O)NCc1nccn1CCc1ccccc1. The topological polar surface area (TPSA) is 67.2 Å². The van der Waals surface area contributed by atoms with Crippen molar-refractivity contribution in [2.24, 2.45) is 5.41 Å². The molecule has 5 heteroatoms. The van der Waals surface area contributed by atoms with Gasteiger partial charge in [-0.3, -0.25) is 4.79 Å². The monoisotopic (exact) mass is 329 g/mol. The van der Waals surface area contributed by atoms with Crippen molar-refractivity contribution in [1.29, 1.82) is 0 Å². The molecule has 0 radical (unpaired) electrons. The summed E-state index contributed by atoms with van der Waals surface area (Å²) in [6.45, 7) is 6.86. The van der Waals surface area contributed by atoms with Crippen LogP contribution in [-0.2, 0) is 24.3 Å². The Bertz CT molecular complexity index is 650. The van der Waals surface area contributed by atoms with Crippen LogP contribution in [-0.4, -0.2) is 26.7 Å². The van der Waals surface area contributed by atoms with Gasteiger partial charge < -0.3 is 15.0 Å². The molecule has 0 spiro atoms. The maximum absolute atomic E-state index is 12.1. The molecule has 0 saturated carbocycles. The number of imidazole rings is 1. The zero-order chi connectivity index (χ0) is 17.6. The van der Waals surface area contributed by atoms with Gasteiger partial charge in [-0.1, -0.05) is 51.1 Å². The second-order valence-corrected chi connectivity index (χ2v) is 6.73. The van der Waals surface area contributed by atoms with E-state index in [9.17, 15) is 9.90 Å². The van der Waals surface area contributed by atoms with Gasteiger partial charge in [-0.05, 0) is 23.8 Å². The summed E-state index contributed by atoms with van der Waals surface area (Å²) in [5, 5.41) is 12.9. The van der Waals surface area contributed by atoms with Crippen LogP contribution in [0, 0.1) is 5.41 Å². The van der Waals surface area contributed by atoms with Crippen LogP contribution in [0.25, 0.3) is 0 Å². The fourth-order valence-corrected chi connectivity index (χ4v) is 2.42. The van der Waals surface area contributed by atoms with E-state index >= 15 is 0 Å². The largest absolute Gasteiger partial charge is 0.383 e. The maximum atomic E-state index is 12.1. The Kier molecular flexibility index (Phi) is 6.15. The molecule has 130 valence electrons. The number of nitrogens with one attached hydrogen (secondary N) is 1. The Morgan fingerprint density at radius 1 is 1.33 bits per heavy atom. The Morgan fingerprint density at radius 3 is 2.71 bits per heavy atom. The Morgan fingerprint density at radius 2 is 2.04 bits per heavy atom. The number of aliphatic hydroxyl groups is 1. The number of hydrogen-bond donors (Lipinski definition) is 2. The van der Waals surface area contributed by atoms with Gasteiger partial charge in [0.2, 0.25) is 5.91 Å². The Balaban J connectivity index is 1.90. The predicted molar refractivity (Wildman–Crippen MR) is 94.3 cm³/mol. The molecule has 1 aromatic carbocycles. The van der Waals surface area contributed by atoms with E-state index < -0.39 is 11.5 Å². The Labute approximate surface area is 143 Å². The molecule has 1 amide bonds. The molecule has 1 atom stereocenters. The summed E-state index contributed by atoms with van der Waals surface area (Å²) in [5.74, 6) is 0.445. The van der Waals surface area contributed by atoms with Crippen LogP contribution in [0.15, 0.2) is 42.7 Å². The highest BCUT2D eigenvalue weighted by Gasteiger charge is 2.31. The summed E-state index contributed by atoms with van der Waals surface area (Å²) in [6, 6.07) is 10.3. The first-order valence-corrected chi connectivity index (χ1v) is 8.43. The first kappa shape index (κ1) is 18.2. The van der Waals surface area contributed by atoms with Crippen molar-refractivity contribution in [3.05, 3.63) is 54.1 Å². The fourth-order valence-electron chi connectivity index (χ4n) is 2.42. The number of aliphatic hydroxyl groups excluding tert-OH is 1. The van der Waals surface area contributed by atoms with Crippen molar-refractivity contribution < 1.29 is 9.90 Å². The van der Waals surface area contributed by atoms with Gasteiger partial charge in [0.1, 0.15) is 11.9 Å². The number of benzene rings is 1. The van der Waals surface area contributed by atoms with Gasteiger partial charge in [0.25, 0.3) is 0 Å². The van der Waals surface area contributed by atoms with E-state index in [2.05, 4.69) is 22.4 Å². The van der Waals surface area contributed by atoms with Gasteiger partial charge in [-0.2, -0.15) is 0 Å². The third-order valence-electron chi connectivity index (χ3n) is 4.61. The first-order chi connectivity index (χ1) is 11.4. The molecule has 0 aliphatic carbocycles. The number of aryl methyl sites for hydroxylation is 2. The van der Waals surface area contributed by atoms with Gasteiger partial charge in [-0.15, -0.1) is 0 Å². The number of amides is 1. The van der Waals surface area contributed by atoms with Gasteiger partial charge in [0, 0.05) is 18.9 Å². The minimum absolute atomic E-state index is 0.317. The molecule has 0 saturated heterocycles. The highest BCUT2D eigenvalue weighted by Crippen LogP contribution is 2.24. The molecular formula is C19H27N3O2. The summed E-state index contributed by atoms with van der Waals surface area (Å²) in [4.78, 5) is 16.4. The number of carbonyl (C=O) groups is 1. The molecule has 0 aliphatic rings. The summed E-state index contributed by atoms with van der Waals surface area (Å²) in [7, 11) is 0. The molecule has 5 nitrogen and oxygen atoms in total. The van der Waals surface area contributed by atoms with Crippen molar-refractivity contribution in [2.45, 2.75) is 52.8 Å². The zero-order valence-electron chi connectivity index (χ0n) is 14.7. The molecule has 24 heavy (non-hydrogen) atoms. The summed E-state index contributed by atoms with van der Waals surface area (Å²) in [5.41, 5.74) is 0.827. The summed E-state index contributed by atoms with van der Waals surface area (Å²) in [6.07, 6.45) is 4.27. The lowest BCUT2D eigenvalue weighted by Gasteiger charge is -2.28. The lowest BCUT2D eigenvalue weighted by atomic mass is 9.83. The van der Waals surface area contributed by atoms with E-state index in [1.807, 2.05) is 49.7 Å². The first-order valence-electron chi connectivity index (χ1n) is 8.43. The smallest absolute Gasteiger partial charge is 0.249 e. The van der Waals surface area contributed by atoms with Gasteiger partial charge in [-0.25, -0.2) is 4.98 Å². The van der Waals surface area contributed by atoms with Crippen LogP contribution in [0.2, 0.25) is 0 Å². The van der Waals surface area contributed by atoms with Crippen molar-refractivity contribution in [1.82, 2.24) is 14.9 Å². The minimum Gasteiger partial charge on any atom is -0.383 e. The molecule has 2 rings (SSSR count). The van der Waals surface area contributed by atoms with E-state index in [0.29, 0.717) is 6.54 Å². The van der Waals surface area contributed by atoms with Crippen LogP contribution in [0.4, 0.5) is 0 Å². The lowest BCUT2D eigenvalue weighted by molar-refractivity contribution is -0.135. The number of rotatable bonds is 8. The second-order valence-electron chi connectivity index (χ2n) is 6.73. The van der Waals surface area contributed by atoms with Crippen molar-refractivity contribution in [2.75, 3.05) is 0 Å². The molecule has 0 fully saturated rings. The second kappa shape index (κ2) is 8.11. The normalized spacial score (nSPS) is 12.8. The van der Waals surface area contributed by atoms with Gasteiger partial charge in [0.15, 0.2) is 0 Å². The molecule has 1 aromatic heterocycles. The van der Waals surface area contributed by atoms with Gasteiger partial charge >= 0.3 is 0 Å². The van der Waals surface area contributed by atoms with Crippen LogP contribution in [0.1, 0.15) is 38.6 Å². The summed E-state index contributed by atoms with van der Waals surface area (Å²) >= 11 is 0. The highest BCUT2D eigenvalue weighted by molar-refractivity contribution is 5.81. The van der Waals surface area contributed by atoms with Crippen LogP contribution in [0.5, 0.6) is 0 Å². The molecule has 1 heterocycles. The quantitative estimate of drug-likeness (QED) is 0.782. The van der Waals surface area contributed by atoms with Crippen LogP contribution >= 0.6 is 0 Å². The predicted octanol–water partition coefficient (Wildman–Crippen LogP) is 2.54.